The Balaban J connectivity index is 1.74. The van der Waals surface area contributed by atoms with Crippen LogP contribution in [0.1, 0.15) is 50.7 Å². The SMILES string of the molecule is CC[N+](CC)(CC)CCOC(=O)C1C2=C(CCC=C2)c2ccccc21. The minimum atomic E-state index is -0.241. The zero-order valence-corrected chi connectivity index (χ0v) is 15.8. The van der Waals surface area contributed by atoms with Gasteiger partial charge >= 0.3 is 5.97 Å². The lowest BCUT2D eigenvalue weighted by molar-refractivity contribution is -0.923. The lowest BCUT2D eigenvalue weighted by Crippen LogP contribution is -2.49. The number of esters is 1. The summed E-state index contributed by atoms with van der Waals surface area (Å²) in [5.41, 5.74) is 4.84. The molecule has 0 heterocycles. The van der Waals surface area contributed by atoms with E-state index < -0.39 is 0 Å². The number of rotatable bonds is 7. The molecule has 0 radical (unpaired) electrons. The second-order valence-electron chi connectivity index (χ2n) is 7.08. The van der Waals surface area contributed by atoms with Crippen molar-refractivity contribution >= 4 is 11.5 Å². The van der Waals surface area contributed by atoms with Crippen LogP contribution in [-0.2, 0) is 9.53 Å². The summed E-state index contributed by atoms with van der Waals surface area (Å²) in [7, 11) is 0. The van der Waals surface area contributed by atoms with Crippen LogP contribution in [0.5, 0.6) is 0 Å². The van der Waals surface area contributed by atoms with Crippen molar-refractivity contribution in [2.75, 3.05) is 32.8 Å². The van der Waals surface area contributed by atoms with Crippen molar-refractivity contribution in [1.82, 2.24) is 0 Å². The molecule has 1 atom stereocenters. The van der Waals surface area contributed by atoms with Crippen LogP contribution in [0.4, 0.5) is 0 Å². The Morgan fingerprint density at radius 1 is 1.16 bits per heavy atom. The number of carbonyl (C=O) groups excluding carboxylic acids is 1. The highest BCUT2D eigenvalue weighted by atomic mass is 16.5. The monoisotopic (exact) mass is 340 g/mol. The van der Waals surface area contributed by atoms with Gasteiger partial charge in [0, 0.05) is 0 Å². The number of quaternary nitrogens is 1. The molecule has 2 aliphatic carbocycles. The molecule has 0 N–H and O–H groups in total. The number of likely N-dealkylation sites (N-methyl/N-ethyl adjacent to an activating group) is 1. The lowest BCUT2D eigenvalue weighted by atomic mass is 9.93. The summed E-state index contributed by atoms with van der Waals surface area (Å²) < 4.78 is 6.77. The zero-order chi connectivity index (χ0) is 17.9. The number of hydrogen-bond donors (Lipinski definition) is 0. The largest absolute Gasteiger partial charge is 0.459 e. The van der Waals surface area contributed by atoms with Crippen molar-refractivity contribution in [3.05, 3.63) is 53.1 Å². The highest BCUT2D eigenvalue weighted by Crippen LogP contribution is 2.46. The molecular formula is C22H30NO2+. The minimum absolute atomic E-state index is 0.0922. The van der Waals surface area contributed by atoms with Crippen molar-refractivity contribution in [3.63, 3.8) is 0 Å². The van der Waals surface area contributed by atoms with Crippen molar-refractivity contribution in [1.29, 1.82) is 0 Å². The van der Waals surface area contributed by atoms with E-state index in [4.69, 9.17) is 4.74 Å². The van der Waals surface area contributed by atoms with E-state index in [1.165, 1.54) is 11.1 Å². The van der Waals surface area contributed by atoms with E-state index in [0.29, 0.717) is 6.61 Å². The lowest BCUT2D eigenvalue weighted by Gasteiger charge is -2.35. The fourth-order valence-corrected chi connectivity index (χ4v) is 4.26. The van der Waals surface area contributed by atoms with Crippen LogP contribution in [-0.4, -0.2) is 43.2 Å². The summed E-state index contributed by atoms with van der Waals surface area (Å²) in [6, 6.07) is 8.31. The molecule has 1 aromatic carbocycles. The molecular weight excluding hydrogens is 310 g/mol. The predicted octanol–water partition coefficient (Wildman–Crippen LogP) is 4.31. The number of hydrogen-bond acceptors (Lipinski definition) is 2. The van der Waals surface area contributed by atoms with Crippen molar-refractivity contribution in [3.8, 4) is 0 Å². The molecule has 0 saturated carbocycles. The molecule has 0 amide bonds. The van der Waals surface area contributed by atoms with E-state index >= 15 is 0 Å². The van der Waals surface area contributed by atoms with Crippen LogP contribution in [0.25, 0.3) is 5.57 Å². The van der Waals surface area contributed by atoms with Gasteiger partial charge in [0.25, 0.3) is 0 Å². The number of nitrogens with zero attached hydrogens (tertiary/aromatic N) is 1. The first kappa shape index (κ1) is 17.9. The molecule has 2 aliphatic rings. The molecule has 0 saturated heterocycles. The molecule has 1 unspecified atom stereocenters. The van der Waals surface area contributed by atoms with Crippen LogP contribution in [0.15, 0.2) is 42.0 Å². The van der Waals surface area contributed by atoms with Gasteiger partial charge in [0.05, 0.1) is 19.6 Å². The highest BCUT2D eigenvalue weighted by Gasteiger charge is 2.36. The molecule has 3 heteroatoms. The summed E-state index contributed by atoms with van der Waals surface area (Å²) in [4.78, 5) is 12.9. The average Bonchev–Trinajstić information content (AvgIpc) is 3.00. The van der Waals surface area contributed by atoms with E-state index in [0.717, 1.165) is 54.6 Å². The Bertz CT molecular complexity index is 689. The van der Waals surface area contributed by atoms with Gasteiger partial charge in [-0.05, 0) is 55.9 Å². The predicted molar refractivity (Wildman–Crippen MR) is 102 cm³/mol. The fraction of sp³-hybridized carbons (Fsp3) is 0.500. The third kappa shape index (κ3) is 3.30. The quantitative estimate of drug-likeness (QED) is 0.546. The Labute approximate surface area is 151 Å². The number of allylic oxidation sites excluding steroid dienone is 3. The first-order chi connectivity index (χ1) is 12.2. The Morgan fingerprint density at radius 2 is 1.88 bits per heavy atom. The van der Waals surface area contributed by atoms with Gasteiger partial charge in [0.15, 0.2) is 0 Å². The molecule has 0 aliphatic heterocycles. The number of benzene rings is 1. The Kier molecular flexibility index (Phi) is 5.43. The Morgan fingerprint density at radius 3 is 2.60 bits per heavy atom. The van der Waals surface area contributed by atoms with Crippen LogP contribution in [0.2, 0.25) is 0 Å². The fourth-order valence-electron chi connectivity index (χ4n) is 4.26. The molecule has 134 valence electrons. The van der Waals surface area contributed by atoms with Gasteiger partial charge in [0.1, 0.15) is 19.1 Å². The van der Waals surface area contributed by atoms with E-state index in [-0.39, 0.29) is 11.9 Å². The second kappa shape index (κ2) is 7.57. The highest BCUT2D eigenvalue weighted by molar-refractivity contribution is 5.94. The third-order valence-electron chi connectivity index (χ3n) is 6.17. The number of carbonyl (C=O) groups is 1. The van der Waals surface area contributed by atoms with Crippen molar-refractivity contribution in [2.45, 2.75) is 39.5 Å². The maximum atomic E-state index is 12.9. The van der Waals surface area contributed by atoms with Gasteiger partial charge in [-0.3, -0.25) is 4.79 Å². The van der Waals surface area contributed by atoms with Gasteiger partial charge in [-0.15, -0.1) is 0 Å². The van der Waals surface area contributed by atoms with Gasteiger partial charge < -0.3 is 9.22 Å². The maximum Gasteiger partial charge on any atom is 0.318 e. The average molecular weight is 340 g/mol. The summed E-state index contributed by atoms with van der Waals surface area (Å²) in [6.07, 6.45) is 6.39. The van der Waals surface area contributed by atoms with Crippen LogP contribution < -0.4 is 0 Å². The van der Waals surface area contributed by atoms with E-state index in [9.17, 15) is 4.79 Å². The molecule has 0 fully saturated rings. The second-order valence-corrected chi connectivity index (χ2v) is 7.08. The number of ether oxygens (including phenoxy) is 1. The van der Waals surface area contributed by atoms with Crippen LogP contribution >= 0.6 is 0 Å². The first-order valence-electron chi connectivity index (χ1n) is 9.66. The zero-order valence-electron chi connectivity index (χ0n) is 15.8. The summed E-state index contributed by atoms with van der Waals surface area (Å²) in [6.45, 7) is 11.3. The first-order valence-corrected chi connectivity index (χ1v) is 9.66. The van der Waals surface area contributed by atoms with Gasteiger partial charge in [-0.2, -0.15) is 0 Å². The molecule has 3 nitrogen and oxygen atoms in total. The van der Waals surface area contributed by atoms with Gasteiger partial charge in [-0.1, -0.05) is 36.4 Å². The molecule has 0 bridgehead atoms. The van der Waals surface area contributed by atoms with Gasteiger partial charge in [-0.25, -0.2) is 0 Å². The minimum Gasteiger partial charge on any atom is -0.459 e. The van der Waals surface area contributed by atoms with Crippen molar-refractivity contribution < 1.29 is 14.0 Å². The number of fused-ring (bicyclic) bond motifs is 2. The summed E-state index contributed by atoms with van der Waals surface area (Å²) >= 11 is 0. The smallest absolute Gasteiger partial charge is 0.318 e. The van der Waals surface area contributed by atoms with E-state index in [1.54, 1.807) is 0 Å². The Hall–Kier alpha value is -1.87. The summed E-state index contributed by atoms with van der Waals surface area (Å²) in [5.74, 6) is -0.333. The third-order valence-corrected chi connectivity index (χ3v) is 6.17. The topological polar surface area (TPSA) is 26.3 Å². The molecule has 0 spiro atoms. The van der Waals surface area contributed by atoms with E-state index in [1.807, 2.05) is 6.07 Å². The molecule has 25 heavy (non-hydrogen) atoms. The van der Waals surface area contributed by atoms with Crippen molar-refractivity contribution in [2.24, 2.45) is 0 Å². The standard InChI is InChI=1S/C22H30NO2/c1-4-23(5-2,6-3)15-16-25-22(24)21-19-13-9-7-11-17(19)18-12-8-10-14-20(18)21/h7,9-11,13-14,21H,4-6,8,12,15-16H2,1-3H3/q+1. The van der Waals surface area contributed by atoms with E-state index in [2.05, 4.69) is 51.1 Å². The molecule has 0 aromatic heterocycles. The maximum absolute atomic E-state index is 12.9. The normalized spacial score (nSPS) is 18.9. The van der Waals surface area contributed by atoms with Gasteiger partial charge in [0.2, 0.25) is 0 Å². The van der Waals surface area contributed by atoms with Crippen LogP contribution in [0.3, 0.4) is 0 Å². The molecule has 3 rings (SSSR count). The summed E-state index contributed by atoms with van der Waals surface area (Å²) in [5, 5.41) is 0. The molecule has 1 aromatic rings. The van der Waals surface area contributed by atoms with Crippen LogP contribution in [0, 0.1) is 0 Å².